The Balaban J connectivity index is 2.21. The second-order valence-corrected chi connectivity index (χ2v) is 3.33. The largest absolute Gasteiger partial charge is 0.393 e. The van der Waals surface area contributed by atoms with Crippen LogP contribution in [0.5, 0.6) is 0 Å². The second-order valence-electron chi connectivity index (χ2n) is 3.33. The number of hydrogen-bond acceptors (Lipinski definition) is 2. The van der Waals surface area contributed by atoms with Gasteiger partial charge in [0.2, 0.25) is 0 Å². The van der Waals surface area contributed by atoms with E-state index in [1.54, 1.807) is 0 Å². The van der Waals surface area contributed by atoms with Crippen molar-refractivity contribution in [2.45, 2.75) is 38.7 Å². The highest BCUT2D eigenvalue weighted by atomic mass is 16.5. The Kier molecular flexibility index (Phi) is 3.87. The van der Waals surface area contributed by atoms with Gasteiger partial charge in [-0.3, -0.25) is 0 Å². The Bertz CT molecular complexity index is 97.7. The van der Waals surface area contributed by atoms with E-state index >= 15 is 0 Å². The molecule has 0 bridgehead atoms. The van der Waals surface area contributed by atoms with Gasteiger partial charge in [0.1, 0.15) is 0 Å². The molecule has 1 heterocycles. The summed E-state index contributed by atoms with van der Waals surface area (Å²) in [5.74, 6) is 0.406. The monoisotopic (exact) mass is 158 g/mol. The number of aliphatic hydroxyl groups excluding tert-OH is 1. The number of rotatable bonds is 3. The van der Waals surface area contributed by atoms with Crippen molar-refractivity contribution in [2.24, 2.45) is 5.92 Å². The van der Waals surface area contributed by atoms with E-state index in [1.807, 2.05) is 0 Å². The maximum Gasteiger partial charge on any atom is 0.0590 e. The first-order valence-corrected chi connectivity index (χ1v) is 4.60. The highest BCUT2D eigenvalue weighted by molar-refractivity contribution is 4.70. The van der Waals surface area contributed by atoms with Gasteiger partial charge in [0.25, 0.3) is 0 Å². The van der Waals surface area contributed by atoms with Crippen LogP contribution in [-0.4, -0.2) is 24.4 Å². The van der Waals surface area contributed by atoms with Crippen LogP contribution in [0.4, 0.5) is 0 Å². The van der Waals surface area contributed by atoms with E-state index < -0.39 is 0 Å². The lowest BCUT2D eigenvalue weighted by Crippen LogP contribution is -2.28. The van der Waals surface area contributed by atoms with Crippen LogP contribution >= 0.6 is 0 Å². The van der Waals surface area contributed by atoms with Crippen LogP contribution in [0.3, 0.4) is 0 Å². The highest BCUT2D eigenvalue weighted by Gasteiger charge is 2.20. The molecule has 2 heteroatoms. The molecule has 0 radical (unpaired) electrons. The first-order valence-electron chi connectivity index (χ1n) is 4.60. The summed E-state index contributed by atoms with van der Waals surface area (Å²) in [5.41, 5.74) is 0. The summed E-state index contributed by atoms with van der Waals surface area (Å²) in [7, 11) is 0. The fourth-order valence-electron chi connectivity index (χ4n) is 1.60. The molecule has 0 amide bonds. The summed E-state index contributed by atoms with van der Waals surface area (Å²) in [6, 6.07) is 0. The van der Waals surface area contributed by atoms with E-state index in [4.69, 9.17) is 4.74 Å². The molecule has 0 aliphatic carbocycles. The van der Waals surface area contributed by atoms with Gasteiger partial charge in [0.15, 0.2) is 0 Å². The van der Waals surface area contributed by atoms with Crippen molar-refractivity contribution < 1.29 is 9.84 Å². The van der Waals surface area contributed by atoms with Crippen molar-refractivity contribution >= 4 is 0 Å². The summed E-state index contributed by atoms with van der Waals surface area (Å²) < 4.78 is 5.29. The van der Waals surface area contributed by atoms with Crippen molar-refractivity contribution in [1.29, 1.82) is 0 Å². The Morgan fingerprint density at radius 3 is 3.00 bits per heavy atom. The van der Waals surface area contributed by atoms with Gasteiger partial charge < -0.3 is 9.84 Å². The van der Waals surface area contributed by atoms with Gasteiger partial charge in [-0.25, -0.2) is 0 Å². The minimum atomic E-state index is -0.125. The first kappa shape index (κ1) is 9.01. The van der Waals surface area contributed by atoms with E-state index in [9.17, 15) is 5.11 Å². The van der Waals surface area contributed by atoms with E-state index in [0.29, 0.717) is 5.92 Å². The van der Waals surface area contributed by atoms with Crippen molar-refractivity contribution in [3.63, 3.8) is 0 Å². The molecule has 1 saturated heterocycles. The van der Waals surface area contributed by atoms with Crippen LogP contribution in [0.25, 0.3) is 0 Å². The number of aliphatic hydroxyl groups is 1. The molecule has 0 spiro atoms. The third kappa shape index (κ3) is 2.80. The third-order valence-corrected chi connectivity index (χ3v) is 2.32. The van der Waals surface area contributed by atoms with E-state index in [0.717, 1.165) is 38.9 Å². The number of hydrogen-bond donors (Lipinski definition) is 1. The summed E-state index contributed by atoms with van der Waals surface area (Å²) >= 11 is 0. The van der Waals surface area contributed by atoms with Crippen LogP contribution < -0.4 is 0 Å². The summed E-state index contributed by atoms with van der Waals surface area (Å²) in [6.45, 7) is 3.75. The molecule has 1 fully saturated rings. The Labute approximate surface area is 68.6 Å². The van der Waals surface area contributed by atoms with Crippen LogP contribution in [0.2, 0.25) is 0 Å². The zero-order valence-electron chi connectivity index (χ0n) is 7.25. The average molecular weight is 158 g/mol. The standard InChI is InChI=1S/C9H18O2/c1-2-4-9(10)8-5-3-6-11-7-8/h8-10H,2-7H2,1H3/t8?,9-/m1/s1. The quantitative estimate of drug-likeness (QED) is 0.675. The van der Waals surface area contributed by atoms with Crippen molar-refractivity contribution in [3.8, 4) is 0 Å². The molecule has 0 saturated carbocycles. The van der Waals surface area contributed by atoms with Gasteiger partial charge in [-0.05, 0) is 19.3 Å². The predicted octanol–water partition coefficient (Wildman–Crippen LogP) is 1.57. The molecule has 2 atom stereocenters. The Morgan fingerprint density at radius 1 is 1.64 bits per heavy atom. The lowest BCUT2D eigenvalue weighted by molar-refractivity contribution is -0.0120. The van der Waals surface area contributed by atoms with Gasteiger partial charge in [-0.2, -0.15) is 0 Å². The molecule has 0 aromatic heterocycles. The molecule has 1 aliphatic heterocycles. The van der Waals surface area contributed by atoms with Gasteiger partial charge in [0.05, 0.1) is 12.7 Å². The summed E-state index contributed by atoms with van der Waals surface area (Å²) in [6.07, 6.45) is 4.12. The zero-order valence-corrected chi connectivity index (χ0v) is 7.25. The summed E-state index contributed by atoms with van der Waals surface area (Å²) in [4.78, 5) is 0. The molecule has 1 rings (SSSR count). The maximum atomic E-state index is 9.59. The lowest BCUT2D eigenvalue weighted by atomic mass is 9.93. The minimum Gasteiger partial charge on any atom is -0.393 e. The van der Waals surface area contributed by atoms with Crippen molar-refractivity contribution in [1.82, 2.24) is 0 Å². The smallest absolute Gasteiger partial charge is 0.0590 e. The summed E-state index contributed by atoms with van der Waals surface area (Å²) in [5, 5.41) is 9.59. The van der Waals surface area contributed by atoms with Gasteiger partial charge in [-0.1, -0.05) is 13.3 Å². The van der Waals surface area contributed by atoms with Gasteiger partial charge in [0, 0.05) is 12.5 Å². The Morgan fingerprint density at radius 2 is 2.45 bits per heavy atom. The molecule has 1 N–H and O–H groups in total. The maximum absolute atomic E-state index is 9.59. The average Bonchev–Trinajstić information content (AvgIpc) is 2.07. The first-order chi connectivity index (χ1) is 5.34. The molecule has 0 aromatic rings. The molecule has 1 aliphatic rings. The highest BCUT2D eigenvalue weighted by Crippen LogP contribution is 2.19. The van der Waals surface area contributed by atoms with Gasteiger partial charge in [-0.15, -0.1) is 0 Å². The minimum absolute atomic E-state index is 0.125. The molecular formula is C9H18O2. The van der Waals surface area contributed by atoms with E-state index in [1.165, 1.54) is 0 Å². The fourth-order valence-corrected chi connectivity index (χ4v) is 1.60. The van der Waals surface area contributed by atoms with E-state index in [2.05, 4.69) is 6.92 Å². The van der Waals surface area contributed by atoms with Crippen molar-refractivity contribution in [2.75, 3.05) is 13.2 Å². The molecule has 0 aromatic carbocycles. The molecular weight excluding hydrogens is 140 g/mol. The van der Waals surface area contributed by atoms with E-state index in [-0.39, 0.29) is 6.10 Å². The number of ether oxygens (including phenoxy) is 1. The molecule has 11 heavy (non-hydrogen) atoms. The van der Waals surface area contributed by atoms with Crippen LogP contribution in [0.15, 0.2) is 0 Å². The van der Waals surface area contributed by atoms with Crippen LogP contribution in [0.1, 0.15) is 32.6 Å². The molecule has 1 unspecified atom stereocenters. The molecule has 2 nitrogen and oxygen atoms in total. The normalized spacial score (nSPS) is 28.4. The fraction of sp³-hybridized carbons (Fsp3) is 1.00. The zero-order chi connectivity index (χ0) is 8.10. The lowest BCUT2D eigenvalue weighted by Gasteiger charge is -2.26. The topological polar surface area (TPSA) is 29.5 Å². The molecule has 66 valence electrons. The van der Waals surface area contributed by atoms with Crippen LogP contribution in [-0.2, 0) is 4.74 Å². The van der Waals surface area contributed by atoms with Gasteiger partial charge >= 0.3 is 0 Å². The predicted molar refractivity (Wildman–Crippen MR) is 44.5 cm³/mol. The Hall–Kier alpha value is -0.0800. The third-order valence-electron chi connectivity index (χ3n) is 2.32. The van der Waals surface area contributed by atoms with Crippen LogP contribution in [0, 0.1) is 5.92 Å². The SMILES string of the molecule is CCC[C@@H](O)C1CCCOC1. The van der Waals surface area contributed by atoms with Crippen molar-refractivity contribution in [3.05, 3.63) is 0 Å². The second kappa shape index (κ2) is 4.73.